The quantitative estimate of drug-likeness (QED) is 0.674. The number of carbonyl (C=O) groups is 3. The van der Waals surface area contributed by atoms with Crippen molar-refractivity contribution in [3.05, 3.63) is 0 Å². The van der Waals surface area contributed by atoms with Gasteiger partial charge >= 0.3 is 0 Å². The second-order valence-corrected chi connectivity index (χ2v) is 6.82. The van der Waals surface area contributed by atoms with Crippen LogP contribution < -0.4 is 0 Å². The molecule has 3 nitrogen and oxygen atoms in total. The van der Waals surface area contributed by atoms with Crippen molar-refractivity contribution in [1.29, 1.82) is 0 Å². The summed E-state index contributed by atoms with van der Waals surface area (Å²) >= 11 is 0. The summed E-state index contributed by atoms with van der Waals surface area (Å²) in [6.45, 7) is 0. The van der Waals surface area contributed by atoms with Gasteiger partial charge in [-0.25, -0.2) is 0 Å². The van der Waals surface area contributed by atoms with Crippen molar-refractivity contribution >= 4 is 17.3 Å². The normalized spacial score (nSPS) is 30.0. The van der Waals surface area contributed by atoms with Gasteiger partial charge in [-0.15, -0.1) is 0 Å². The highest BCUT2D eigenvalue weighted by atomic mass is 16.1. The van der Waals surface area contributed by atoms with E-state index in [1.807, 2.05) is 0 Å². The molecule has 3 heteroatoms. The maximum absolute atomic E-state index is 13.1. The molecule has 0 N–H and O–H groups in total. The second-order valence-electron chi connectivity index (χ2n) is 6.82. The molecule has 104 valence electrons. The van der Waals surface area contributed by atoms with Crippen molar-refractivity contribution in [2.24, 2.45) is 10.8 Å². The van der Waals surface area contributed by atoms with Crippen molar-refractivity contribution in [3.8, 4) is 0 Å². The van der Waals surface area contributed by atoms with Gasteiger partial charge in [0.1, 0.15) is 17.3 Å². The molecule has 3 aliphatic carbocycles. The van der Waals surface area contributed by atoms with Crippen LogP contribution in [-0.4, -0.2) is 17.3 Å². The molecule has 0 amide bonds. The molecule has 0 saturated heterocycles. The Morgan fingerprint density at radius 3 is 1.32 bits per heavy atom. The molecule has 0 aromatic rings. The zero-order chi connectivity index (χ0) is 13.5. The summed E-state index contributed by atoms with van der Waals surface area (Å²) in [5.74, 6) is 1.04. The first kappa shape index (κ1) is 13.0. The lowest BCUT2D eigenvalue weighted by atomic mass is 9.53. The smallest absolute Gasteiger partial charge is 0.145 e. The minimum absolute atomic E-state index is 0.216. The van der Waals surface area contributed by atoms with Crippen molar-refractivity contribution < 1.29 is 14.4 Å². The van der Waals surface area contributed by atoms with E-state index < -0.39 is 0 Å². The zero-order valence-corrected chi connectivity index (χ0v) is 11.5. The first-order valence-electron chi connectivity index (χ1n) is 7.65. The fraction of sp³-hybridized carbons (Fsp3) is 0.812. The van der Waals surface area contributed by atoms with Gasteiger partial charge in [0, 0.05) is 36.5 Å². The molecule has 0 heterocycles. The Hall–Kier alpha value is -0.990. The fourth-order valence-electron chi connectivity index (χ4n) is 4.52. The van der Waals surface area contributed by atoms with Crippen LogP contribution in [0.15, 0.2) is 0 Å². The lowest BCUT2D eigenvalue weighted by molar-refractivity contribution is -0.151. The van der Waals surface area contributed by atoms with Gasteiger partial charge in [-0.2, -0.15) is 0 Å². The van der Waals surface area contributed by atoms with E-state index in [9.17, 15) is 14.4 Å². The van der Waals surface area contributed by atoms with E-state index in [1.54, 1.807) is 0 Å². The Bertz CT molecular complexity index is 377. The Balaban J connectivity index is 1.83. The largest absolute Gasteiger partial charge is 0.300 e. The molecule has 3 rings (SSSR count). The van der Waals surface area contributed by atoms with Crippen molar-refractivity contribution in [1.82, 2.24) is 0 Å². The molecule has 3 aliphatic rings. The second kappa shape index (κ2) is 4.53. The average molecular weight is 262 g/mol. The van der Waals surface area contributed by atoms with E-state index >= 15 is 0 Å². The van der Waals surface area contributed by atoms with Gasteiger partial charge in [0.05, 0.1) is 0 Å². The van der Waals surface area contributed by atoms with Crippen molar-refractivity contribution in [2.45, 2.75) is 70.6 Å². The number of carbonyl (C=O) groups excluding carboxylic acids is 3. The Labute approximate surface area is 114 Å². The highest BCUT2D eigenvalue weighted by Crippen LogP contribution is 2.54. The molecular weight excluding hydrogens is 240 g/mol. The summed E-state index contributed by atoms with van der Waals surface area (Å²) in [5, 5.41) is 0. The molecule has 0 aromatic heterocycles. The van der Waals surface area contributed by atoms with E-state index in [4.69, 9.17) is 0 Å². The molecule has 3 saturated carbocycles. The van der Waals surface area contributed by atoms with Crippen LogP contribution in [0.3, 0.4) is 0 Å². The summed E-state index contributed by atoms with van der Waals surface area (Å²) in [4.78, 5) is 36.0. The van der Waals surface area contributed by atoms with E-state index in [2.05, 4.69) is 0 Å². The van der Waals surface area contributed by atoms with Crippen LogP contribution in [0.5, 0.6) is 0 Å². The monoisotopic (exact) mass is 262 g/mol. The van der Waals surface area contributed by atoms with Crippen LogP contribution in [0.1, 0.15) is 70.6 Å². The van der Waals surface area contributed by atoms with Crippen molar-refractivity contribution in [3.63, 3.8) is 0 Å². The average Bonchev–Trinajstić information content (AvgIpc) is 2.42. The summed E-state index contributed by atoms with van der Waals surface area (Å²) in [6, 6.07) is 0. The molecular formula is C16H22O3. The Kier molecular flexibility index (Phi) is 3.11. The molecule has 19 heavy (non-hydrogen) atoms. The Morgan fingerprint density at radius 2 is 0.947 bits per heavy atom. The molecule has 0 aliphatic heterocycles. The third kappa shape index (κ3) is 2.07. The van der Waals surface area contributed by atoms with Gasteiger partial charge in [-0.1, -0.05) is 6.42 Å². The van der Waals surface area contributed by atoms with E-state index in [0.29, 0.717) is 43.0 Å². The molecule has 3 fully saturated rings. The predicted molar refractivity (Wildman–Crippen MR) is 70.7 cm³/mol. The highest BCUT2D eigenvalue weighted by molar-refractivity contribution is 5.95. The Morgan fingerprint density at radius 1 is 0.579 bits per heavy atom. The van der Waals surface area contributed by atoms with Crippen LogP contribution in [0.4, 0.5) is 0 Å². The van der Waals surface area contributed by atoms with Crippen LogP contribution in [0.2, 0.25) is 0 Å². The molecule has 0 atom stereocenters. The van der Waals surface area contributed by atoms with Gasteiger partial charge in [0.15, 0.2) is 0 Å². The van der Waals surface area contributed by atoms with Crippen LogP contribution >= 0.6 is 0 Å². The minimum Gasteiger partial charge on any atom is -0.300 e. The third-order valence-corrected chi connectivity index (χ3v) is 5.80. The predicted octanol–water partition coefficient (Wildman–Crippen LogP) is 3.00. The van der Waals surface area contributed by atoms with Gasteiger partial charge < -0.3 is 0 Å². The fourth-order valence-corrected chi connectivity index (χ4v) is 4.52. The molecule has 2 spiro atoms. The number of hydrogen-bond donors (Lipinski definition) is 0. The van der Waals surface area contributed by atoms with Gasteiger partial charge in [-0.05, 0) is 38.5 Å². The van der Waals surface area contributed by atoms with Gasteiger partial charge in [0.25, 0.3) is 0 Å². The zero-order valence-electron chi connectivity index (χ0n) is 11.5. The lowest BCUT2D eigenvalue weighted by Gasteiger charge is -2.49. The summed E-state index contributed by atoms with van der Waals surface area (Å²) in [6.07, 6.45) is 8.42. The summed E-state index contributed by atoms with van der Waals surface area (Å²) < 4.78 is 0. The van der Waals surface area contributed by atoms with Crippen LogP contribution in [0, 0.1) is 10.8 Å². The van der Waals surface area contributed by atoms with Crippen molar-refractivity contribution in [2.75, 3.05) is 0 Å². The minimum atomic E-state index is -0.216. The van der Waals surface area contributed by atoms with E-state index in [1.165, 1.54) is 0 Å². The number of rotatable bonds is 0. The first-order valence-corrected chi connectivity index (χ1v) is 7.65. The number of Topliss-reactive ketones (excluding diaryl/α,β-unsaturated/α-hetero) is 3. The number of hydrogen-bond acceptors (Lipinski definition) is 3. The molecule has 0 radical (unpaired) electrons. The summed E-state index contributed by atoms with van der Waals surface area (Å²) in [5.41, 5.74) is -0.431. The standard InChI is InChI=1S/C16H22O3/c17-12-2-8-15(9-3-12)6-1-7-16(14(15)19)10-4-13(18)5-11-16/h1-11H2. The van der Waals surface area contributed by atoms with Crippen LogP contribution in [0.25, 0.3) is 0 Å². The lowest BCUT2D eigenvalue weighted by Crippen LogP contribution is -2.50. The van der Waals surface area contributed by atoms with Crippen LogP contribution in [-0.2, 0) is 14.4 Å². The van der Waals surface area contributed by atoms with E-state index in [0.717, 1.165) is 44.9 Å². The maximum Gasteiger partial charge on any atom is 0.145 e. The highest BCUT2D eigenvalue weighted by Gasteiger charge is 2.54. The summed E-state index contributed by atoms with van der Waals surface area (Å²) in [7, 11) is 0. The van der Waals surface area contributed by atoms with Gasteiger partial charge in [0.2, 0.25) is 0 Å². The SMILES string of the molecule is O=C1CCC2(CCCC3(CCC(=O)CC3)C2=O)CC1. The van der Waals surface area contributed by atoms with Gasteiger partial charge in [-0.3, -0.25) is 14.4 Å². The number of ketones is 3. The molecule has 0 unspecified atom stereocenters. The third-order valence-electron chi connectivity index (χ3n) is 5.80. The molecule has 0 bridgehead atoms. The topological polar surface area (TPSA) is 51.2 Å². The maximum atomic E-state index is 13.1. The van der Waals surface area contributed by atoms with E-state index in [-0.39, 0.29) is 10.8 Å². The first-order chi connectivity index (χ1) is 9.06. The molecule has 0 aromatic carbocycles.